The summed E-state index contributed by atoms with van der Waals surface area (Å²) in [6, 6.07) is 7.11. The molecule has 0 aromatic heterocycles. The Morgan fingerprint density at radius 2 is 2.11 bits per heavy atom. The molecule has 2 heterocycles. The van der Waals surface area contributed by atoms with Gasteiger partial charge in [-0.2, -0.15) is 5.10 Å². The van der Waals surface area contributed by atoms with Gasteiger partial charge in [0.1, 0.15) is 11.5 Å². The molecule has 1 aromatic rings. The van der Waals surface area contributed by atoms with E-state index in [-0.39, 0.29) is 41.9 Å². The monoisotopic (exact) mass is 393 g/mol. The Morgan fingerprint density at radius 3 is 2.81 bits per heavy atom. The quantitative estimate of drug-likeness (QED) is 0.759. The second-order valence-corrected chi connectivity index (χ2v) is 8.89. The minimum atomic E-state index is -3.13. The first kappa shape index (κ1) is 19.3. The standard InChI is InChI=1S/C18H23N3O5S/c1-26-16-5-3-2-4-13(16)8-10-19-18(23)15-6-7-17(22)21(20-15)14-9-11-27(24,25)12-14/h2-5,14H,6-12H2,1H3,(H,19,23)/t14-/m1/s1. The van der Waals surface area contributed by atoms with Crippen LogP contribution in [0.1, 0.15) is 24.8 Å². The summed E-state index contributed by atoms with van der Waals surface area (Å²) in [5.41, 5.74) is 1.25. The number of para-hydroxylation sites is 1. The summed E-state index contributed by atoms with van der Waals surface area (Å²) in [5.74, 6) is 0.161. The van der Waals surface area contributed by atoms with Gasteiger partial charge >= 0.3 is 0 Å². The number of carbonyl (C=O) groups is 2. The predicted octanol–water partition coefficient (Wildman–Crippen LogP) is 0.519. The number of nitrogens with one attached hydrogen (secondary N) is 1. The van der Waals surface area contributed by atoms with Crippen LogP contribution in [0.2, 0.25) is 0 Å². The van der Waals surface area contributed by atoms with E-state index in [1.807, 2.05) is 24.3 Å². The largest absolute Gasteiger partial charge is 0.496 e. The molecule has 0 spiro atoms. The fourth-order valence-corrected chi connectivity index (χ4v) is 5.00. The molecule has 2 aliphatic rings. The number of carbonyl (C=O) groups excluding carboxylic acids is 2. The number of hydrogen-bond acceptors (Lipinski definition) is 6. The zero-order valence-corrected chi connectivity index (χ0v) is 16.0. The third-order valence-electron chi connectivity index (χ3n) is 4.75. The molecule has 3 rings (SSSR count). The molecule has 0 bridgehead atoms. The van der Waals surface area contributed by atoms with Gasteiger partial charge in [0.05, 0.1) is 24.7 Å². The van der Waals surface area contributed by atoms with Crippen molar-refractivity contribution < 1.29 is 22.7 Å². The van der Waals surface area contributed by atoms with Crippen LogP contribution >= 0.6 is 0 Å². The molecule has 0 unspecified atom stereocenters. The highest BCUT2D eigenvalue weighted by Gasteiger charge is 2.37. The summed E-state index contributed by atoms with van der Waals surface area (Å²) in [7, 11) is -1.53. The van der Waals surface area contributed by atoms with Crippen molar-refractivity contribution in [3.8, 4) is 5.75 Å². The highest BCUT2D eigenvalue weighted by Crippen LogP contribution is 2.22. The molecule has 9 heteroatoms. The van der Waals surface area contributed by atoms with Crippen molar-refractivity contribution in [2.75, 3.05) is 25.2 Å². The van der Waals surface area contributed by atoms with E-state index in [2.05, 4.69) is 10.4 Å². The van der Waals surface area contributed by atoms with Gasteiger partial charge in [-0.15, -0.1) is 0 Å². The fourth-order valence-electron chi connectivity index (χ4n) is 3.31. The van der Waals surface area contributed by atoms with Gasteiger partial charge in [0.2, 0.25) is 5.91 Å². The first-order chi connectivity index (χ1) is 12.9. The van der Waals surface area contributed by atoms with Crippen LogP contribution in [-0.2, 0) is 25.8 Å². The van der Waals surface area contributed by atoms with E-state index in [9.17, 15) is 18.0 Å². The number of nitrogens with zero attached hydrogens (tertiary/aromatic N) is 2. The van der Waals surface area contributed by atoms with Gasteiger partial charge in [-0.25, -0.2) is 13.4 Å². The smallest absolute Gasteiger partial charge is 0.267 e. The summed E-state index contributed by atoms with van der Waals surface area (Å²) in [4.78, 5) is 24.5. The van der Waals surface area contributed by atoms with Crippen LogP contribution in [0.15, 0.2) is 29.4 Å². The molecule has 0 aliphatic carbocycles. The van der Waals surface area contributed by atoms with Gasteiger partial charge in [-0.3, -0.25) is 9.59 Å². The molecular formula is C18H23N3O5S. The minimum Gasteiger partial charge on any atom is -0.496 e. The number of amides is 2. The summed E-state index contributed by atoms with van der Waals surface area (Å²) in [5, 5.41) is 8.18. The predicted molar refractivity (Wildman–Crippen MR) is 100 cm³/mol. The van der Waals surface area contributed by atoms with Gasteiger partial charge < -0.3 is 10.1 Å². The van der Waals surface area contributed by atoms with Crippen molar-refractivity contribution in [1.82, 2.24) is 10.3 Å². The number of methoxy groups -OCH3 is 1. The van der Waals surface area contributed by atoms with Gasteiger partial charge in [0, 0.05) is 19.4 Å². The molecule has 2 aliphatic heterocycles. The SMILES string of the molecule is COc1ccccc1CCNC(=O)C1=NN([C@@H]2CCS(=O)(=O)C2)C(=O)CC1. The second-order valence-electron chi connectivity index (χ2n) is 6.66. The highest BCUT2D eigenvalue weighted by molar-refractivity contribution is 7.91. The molecular weight excluding hydrogens is 370 g/mol. The lowest BCUT2D eigenvalue weighted by Gasteiger charge is -2.27. The van der Waals surface area contributed by atoms with Gasteiger partial charge in [0.25, 0.3) is 5.91 Å². The van der Waals surface area contributed by atoms with E-state index in [4.69, 9.17) is 4.74 Å². The molecule has 146 valence electrons. The van der Waals surface area contributed by atoms with E-state index in [1.165, 1.54) is 5.01 Å². The van der Waals surface area contributed by atoms with Crippen molar-refractivity contribution in [2.45, 2.75) is 31.7 Å². The van der Waals surface area contributed by atoms with E-state index in [1.54, 1.807) is 7.11 Å². The second kappa shape index (κ2) is 8.08. The Kier molecular flexibility index (Phi) is 5.79. The Hall–Kier alpha value is -2.42. The molecule has 1 saturated heterocycles. The normalized spacial score (nSPS) is 21.7. The van der Waals surface area contributed by atoms with E-state index >= 15 is 0 Å². The van der Waals surface area contributed by atoms with Crippen LogP contribution in [0.4, 0.5) is 0 Å². The number of rotatable bonds is 6. The molecule has 0 radical (unpaired) electrons. The lowest BCUT2D eigenvalue weighted by molar-refractivity contribution is -0.133. The first-order valence-corrected chi connectivity index (χ1v) is 10.7. The molecule has 8 nitrogen and oxygen atoms in total. The number of ether oxygens (including phenoxy) is 1. The van der Waals surface area contributed by atoms with Crippen LogP contribution < -0.4 is 10.1 Å². The van der Waals surface area contributed by atoms with Crippen LogP contribution in [-0.4, -0.2) is 62.2 Å². The van der Waals surface area contributed by atoms with Crippen molar-refractivity contribution >= 4 is 27.4 Å². The van der Waals surface area contributed by atoms with E-state index in [0.29, 0.717) is 19.4 Å². The Balaban J connectivity index is 1.60. The van der Waals surface area contributed by atoms with Crippen molar-refractivity contribution in [3.63, 3.8) is 0 Å². The third-order valence-corrected chi connectivity index (χ3v) is 6.50. The number of hydrogen-bond donors (Lipinski definition) is 1. The number of sulfone groups is 1. The molecule has 2 amide bonds. The minimum absolute atomic E-state index is 0.0530. The lowest BCUT2D eigenvalue weighted by Crippen LogP contribution is -2.44. The lowest BCUT2D eigenvalue weighted by atomic mass is 10.1. The van der Waals surface area contributed by atoms with Crippen molar-refractivity contribution in [3.05, 3.63) is 29.8 Å². The zero-order valence-electron chi connectivity index (χ0n) is 15.2. The van der Waals surface area contributed by atoms with Crippen LogP contribution in [0.3, 0.4) is 0 Å². The van der Waals surface area contributed by atoms with Gasteiger partial charge in [-0.05, 0) is 24.5 Å². The highest BCUT2D eigenvalue weighted by atomic mass is 32.2. The number of benzene rings is 1. The molecule has 0 saturated carbocycles. The maximum absolute atomic E-state index is 12.4. The van der Waals surface area contributed by atoms with Gasteiger partial charge in [0.15, 0.2) is 9.84 Å². The van der Waals surface area contributed by atoms with Crippen molar-refractivity contribution in [1.29, 1.82) is 0 Å². The summed E-state index contributed by atoms with van der Waals surface area (Å²) >= 11 is 0. The van der Waals surface area contributed by atoms with E-state index < -0.39 is 15.9 Å². The molecule has 27 heavy (non-hydrogen) atoms. The summed E-state index contributed by atoms with van der Waals surface area (Å²) in [6.45, 7) is 0.407. The zero-order chi connectivity index (χ0) is 19.4. The van der Waals surface area contributed by atoms with Crippen molar-refractivity contribution in [2.24, 2.45) is 5.10 Å². The summed E-state index contributed by atoms with van der Waals surface area (Å²) < 4.78 is 28.6. The molecule has 1 N–H and O–H groups in total. The van der Waals surface area contributed by atoms with Crippen LogP contribution in [0.5, 0.6) is 5.75 Å². The average Bonchev–Trinajstić information content (AvgIpc) is 3.02. The first-order valence-electron chi connectivity index (χ1n) is 8.89. The fraction of sp³-hybridized carbons (Fsp3) is 0.500. The van der Waals surface area contributed by atoms with E-state index in [0.717, 1.165) is 11.3 Å². The maximum atomic E-state index is 12.4. The maximum Gasteiger partial charge on any atom is 0.267 e. The molecule has 1 atom stereocenters. The Morgan fingerprint density at radius 1 is 1.33 bits per heavy atom. The molecule has 1 fully saturated rings. The summed E-state index contributed by atoms with van der Waals surface area (Å²) in [6.07, 6.45) is 1.39. The Labute approximate surface area is 158 Å². The van der Waals surface area contributed by atoms with Crippen LogP contribution in [0, 0.1) is 0 Å². The average molecular weight is 393 g/mol. The van der Waals surface area contributed by atoms with Gasteiger partial charge in [-0.1, -0.05) is 18.2 Å². The number of hydrazone groups is 1. The third kappa shape index (κ3) is 4.65. The van der Waals surface area contributed by atoms with Crippen LogP contribution in [0.25, 0.3) is 0 Å². The molecule has 1 aromatic carbocycles. The topological polar surface area (TPSA) is 105 Å². The Bertz CT molecular complexity index is 866.